The number of para-hydroxylation sites is 1. The van der Waals surface area contributed by atoms with E-state index in [2.05, 4.69) is 16.0 Å². The minimum absolute atomic E-state index is 0.0319. The zero-order valence-electron chi connectivity index (χ0n) is 25.3. The van der Waals surface area contributed by atoms with Crippen LogP contribution < -0.4 is 25.4 Å². The van der Waals surface area contributed by atoms with Gasteiger partial charge in [0.2, 0.25) is 5.91 Å². The van der Waals surface area contributed by atoms with Crippen LogP contribution in [0.4, 0.5) is 11.4 Å². The number of thioether (sulfide) groups is 1. The van der Waals surface area contributed by atoms with Crippen LogP contribution in [0, 0.1) is 6.92 Å². The van der Waals surface area contributed by atoms with Crippen LogP contribution >= 0.6 is 23.4 Å². The molecule has 0 saturated carbocycles. The molecular formula is C35H34ClN3O5S. The van der Waals surface area contributed by atoms with Crippen LogP contribution in [0.1, 0.15) is 34.8 Å². The van der Waals surface area contributed by atoms with Crippen molar-refractivity contribution in [3.05, 3.63) is 118 Å². The van der Waals surface area contributed by atoms with Gasteiger partial charge in [0.25, 0.3) is 11.8 Å². The summed E-state index contributed by atoms with van der Waals surface area (Å²) in [5.74, 6) is -0.129. The van der Waals surface area contributed by atoms with Crippen LogP contribution in [0.5, 0.6) is 11.5 Å². The van der Waals surface area contributed by atoms with Crippen molar-refractivity contribution < 1.29 is 23.9 Å². The first kappa shape index (κ1) is 33.2. The van der Waals surface area contributed by atoms with Crippen molar-refractivity contribution in [2.75, 3.05) is 24.9 Å². The summed E-state index contributed by atoms with van der Waals surface area (Å²) in [4.78, 5) is 40.6. The summed E-state index contributed by atoms with van der Waals surface area (Å²) in [6.07, 6.45) is 2.12. The molecule has 10 heteroatoms. The second kappa shape index (κ2) is 15.8. The molecule has 8 nitrogen and oxygen atoms in total. The van der Waals surface area contributed by atoms with Gasteiger partial charge in [-0.25, -0.2) is 0 Å². The van der Waals surface area contributed by atoms with Crippen LogP contribution in [0.3, 0.4) is 0 Å². The molecule has 0 radical (unpaired) electrons. The third-order valence-electron chi connectivity index (χ3n) is 6.74. The van der Waals surface area contributed by atoms with E-state index in [0.29, 0.717) is 45.4 Å². The predicted molar refractivity (Wildman–Crippen MR) is 181 cm³/mol. The molecule has 1 unspecified atom stereocenters. The molecule has 0 aliphatic rings. The molecule has 45 heavy (non-hydrogen) atoms. The number of aryl methyl sites for hydroxylation is 1. The second-order valence-corrected chi connectivity index (χ2v) is 11.6. The summed E-state index contributed by atoms with van der Waals surface area (Å²) in [7, 11) is 3.06. The van der Waals surface area contributed by atoms with Crippen molar-refractivity contribution in [2.45, 2.75) is 30.4 Å². The molecule has 3 N–H and O–H groups in total. The molecule has 0 aliphatic heterocycles. The highest BCUT2D eigenvalue weighted by atomic mass is 35.5. The maximum absolute atomic E-state index is 13.6. The highest BCUT2D eigenvalue weighted by Gasteiger charge is 2.21. The molecule has 4 rings (SSSR count). The van der Waals surface area contributed by atoms with E-state index in [-0.39, 0.29) is 11.6 Å². The molecule has 1 atom stereocenters. The smallest absolute Gasteiger partial charge is 0.272 e. The molecule has 4 aromatic carbocycles. The Bertz CT molecular complexity index is 1710. The zero-order chi connectivity index (χ0) is 32.3. The molecule has 0 aromatic heterocycles. The number of rotatable bonds is 12. The minimum atomic E-state index is -0.526. The average molecular weight is 644 g/mol. The molecule has 232 valence electrons. The van der Waals surface area contributed by atoms with E-state index in [9.17, 15) is 14.4 Å². The summed E-state index contributed by atoms with van der Waals surface area (Å²) in [5, 5.41) is 8.69. The Hall–Kier alpha value is -4.73. The fraction of sp³-hybridized carbons (Fsp3) is 0.171. The van der Waals surface area contributed by atoms with Crippen molar-refractivity contribution >= 4 is 58.5 Å². The van der Waals surface area contributed by atoms with Gasteiger partial charge >= 0.3 is 0 Å². The summed E-state index contributed by atoms with van der Waals surface area (Å²) in [6.45, 7) is 3.78. The lowest BCUT2D eigenvalue weighted by Gasteiger charge is -2.18. The van der Waals surface area contributed by atoms with E-state index >= 15 is 0 Å². The number of nitrogens with one attached hydrogen (secondary N) is 3. The average Bonchev–Trinajstić information content (AvgIpc) is 3.05. The highest BCUT2D eigenvalue weighted by Crippen LogP contribution is 2.33. The Balaban J connectivity index is 1.53. The fourth-order valence-corrected chi connectivity index (χ4v) is 5.53. The molecule has 0 heterocycles. The minimum Gasteiger partial charge on any atom is -0.496 e. The topological polar surface area (TPSA) is 106 Å². The van der Waals surface area contributed by atoms with E-state index < -0.39 is 17.1 Å². The lowest BCUT2D eigenvalue weighted by atomic mass is 10.1. The van der Waals surface area contributed by atoms with Gasteiger partial charge in [0.15, 0.2) is 0 Å². The summed E-state index contributed by atoms with van der Waals surface area (Å²) >= 11 is 7.59. The second-order valence-electron chi connectivity index (χ2n) is 9.91. The van der Waals surface area contributed by atoms with E-state index in [1.54, 1.807) is 72.8 Å². The van der Waals surface area contributed by atoms with Crippen molar-refractivity contribution in [1.82, 2.24) is 5.32 Å². The predicted octanol–water partition coefficient (Wildman–Crippen LogP) is 7.58. The molecule has 4 aromatic rings. The van der Waals surface area contributed by atoms with Gasteiger partial charge in [0.1, 0.15) is 17.2 Å². The van der Waals surface area contributed by atoms with Crippen molar-refractivity contribution in [3.63, 3.8) is 0 Å². The van der Waals surface area contributed by atoms with Gasteiger partial charge < -0.3 is 25.4 Å². The summed E-state index contributed by atoms with van der Waals surface area (Å²) in [6, 6.07) is 26.5. The van der Waals surface area contributed by atoms with E-state index in [4.69, 9.17) is 21.1 Å². The zero-order valence-corrected chi connectivity index (χ0v) is 26.9. The molecule has 0 bridgehead atoms. The number of hydrogen-bond acceptors (Lipinski definition) is 6. The van der Waals surface area contributed by atoms with Gasteiger partial charge in [-0.15, -0.1) is 11.8 Å². The van der Waals surface area contributed by atoms with E-state index in [0.717, 1.165) is 10.5 Å². The number of benzene rings is 4. The van der Waals surface area contributed by atoms with Gasteiger partial charge in [-0.1, -0.05) is 61.0 Å². The fourth-order valence-electron chi connectivity index (χ4n) is 4.36. The van der Waals surface area contributed by atoms with Crippen LogP contribution in [-0.4, -0.2) is 37.2 Å². The van der Waals surface area contributed by atoms with Gasteiger partial charge in [-0.2, -0.15) is 0 Å². The monoisotopic (exact) mass is 643 g/mol. The maximum atomic E-state index is 13.6. The maximum Gasteiger partial charge on any atom is 0.272 e. The van der Waals surface area contributed by atoms with Gasteiger partial charge in [-0.05, 0) is 67.4 Å². The number of carbonyl (C=O) groups excluding carboxylic acids is 3. The van der Waals surface area contributed by atoms with Crippen LogP contribution in [0.2, 0.25) is 5.02 Å². The number of anilines is 2. The Morgan fingerprint density at radius 1 is 0.867 bits per heavy atom. The first-order valence-electron chi connectivity index (χ1n) is 14.2. The largest absolute Gasteiger partial charge is 0.496 e. The number of carbonyl (C=O) groups is 3. The standard InChI is InChI=1S/C35H34ClN3O5S/c1-5-32(35(42)38-28-18-22(2)27(36)21-31(28)44-4)45-26-16-11-15-25(20-26)37-34(41)29(19-24-14-9-10-17-30(24)43-3)39-33(40)23-12-7-6-8-13-23/h6-21,32H,5H2,1-4H3,(H,37,41)(H,38,42)(H,39,40)/b29-19+. The Labute approximate surface area is 272 Å². The van der Waals surface area contributed by atoms with Crippen LogP contribution in [0.15, 0.2) is 102 Å². The number of halogens is 1. The number of ether oxygens (including phenoxy) is 2. The number of methoxy groups -OCH3 is 2. The third-order valence-corrected chi connectivity index (χ3v) is 8.50. The summed E-state index contributed by atoms with van der Waals surface area (Å²) in [5.41, 5.74) is 2.91. The van der Waals surface area contributed by atoms with Crippen molar-refractivity contribution in [1.29, 1.82) is 0 Å². The lowest BCUT2D eigenvalue weighted by molar-refractivity contribution is -0.116. The van der Waals surface area contributed by atoms with Gasteiger partial charge in [0, 0.05) is 32.8 Å². The lowest BCUT2D eigenvalue weighted by Crippen LogP contribution is -2.30. The number of amides is 3. The van der Waals surface area contributed by atoms with E-state index in [1.807, 2.05) is 38.1 Å². The quantitative estimate of drug-likeness (QED) is 0.109. The Kier molecular flexibility index (Phi) is 11.7. The first-order chi connectivity index (χ1) is 21.7. The van der Waals surface area contributed by atoms with E-state index in [1.165, 1.54) is 26.0 Å². The van der Waals surface area contributed by atoms with Crippen molar-refractivity contribution in [3.8, 4) is 11.5 Å². The number of hydrogen-bond donors (Lipinski definition) is 3. The molecular weight excluding hydrogens is 610 g/mol. The third kappa shape index (κ3) is 8.90. The van der Waals surface area contributed by atoms with Gasteiger partial charge in [-0.3, -0.25) is 14.4 Å². The molecule has 0 spiro atoms. The molecule has 0 aliphatic carbocycles. The van der Waals surface area contributed by atoms with Crippen molar-refractivity contribution in [2.24, 2.45) is 0 Å². The first-order valence-corrected chi connectivity index (χ1v) is 15.4. The Morgan fingerprint density at radius 2 is 1.58 bits per heavy atom. The Morgan fingerprint density at radius 3 is 2.29 bits per heavy atom. The summed E-state index contributed by atoms with van der Waals surface area (Å²) < 4.78 is 10.8. The SMILES string of the molecule is CCC(Sc1cccc(NC(=O)/C(=C\c2ccccc2OC)NC(=O)c2ccccc2)c1)C(=O)Nc1cc(C)c(Cl)cc1OC. The van der Waals surface area contributed by atoms with Crippen LogP contribution in [-0.2, 0) is 9.59 Å². The molecule has 0 saturated heterocycles. The highest BCUT2D eigenvalue weighted by molar-refractivity contribution is 8.00. The molecule has 0 fully saturated rings. The van der Waals surface area contributed by atoms with Crippen LogP contribution in [0.25, 0.3) is 6.08 Å². The van der Waals surface area contributed by atoms with Gasteiger partial charge in [0.05, 0.1) is 25.2 Å². The molecule has 3 amide bonds. The normalized spacial score (nSPS) is 11.7.